The van der Waals surface area contributed by atoms with E-state index in [1.165, 1.54) is 0 Å². The van der Waals surface area contributed by atoms with Gasteiger partial charge in [0.1, 0.15) is 25.6 Å². The van der Waals surface area contributed by atoms with E-state index in [2.05, 4.69) is 0 Å². The third-order valence-corrected chi connectivity index (χ3v) is 3.51. The van der Waals surface area contributed by atoms with Gasteiger partial charge >= 0.3 is 0 Å². The number of benzene rings is 2. The zero-order valence-electron chi connectivity index (χ0n) is 12.0. The Bertz CT molecular complexity index is 627. The second-order valence-corrected chi connectivity index (χ2v) is 5.09. The third-order valence-electron chi connectivity index (χ3n) is 3.51. The van der Waals surface area contributed by atoms with E-state index in [9.17, 15) is 0 Å². The molecule has 0 amide bonds. The topological polar surface area (TPSA) is 53.7 Å². The number of fused-ring (bicyclic) bond motifs is 1. The maximum atomic E-state index is 6.20. The molecule has 4 heteroatoms. The molecule has 0 radical (unpaired) electrons. The van der Waals surface area contributed by atoms with E-state index in [1.807, 2.05) is 49.4 Å². The highest BCUT2D eigenvalue weighted by Gasteiger charge is 2.15. The van der Waals surface area contributed by atoms with Crippen molar-refractivity contribution in [3.05, 3.63) is 53.6 Å². The largest absolute Gasteiger partial charge is 0.491 e. The number of nitrogens with two attached hydrogens (primary N) is 1. The van der Waals surface area contributed by atoms with Gasteiger partial charge in [-0.1, -0.05) is 24.3 Å². The number of hydrogen-bond acceptors (Lipinski definition) is 4. The van der Waals surface area contributed by atoms with Crippen LogP contribution in [0.5, 0.6) is 17.2 Å². The second-order valence-electron chi connectivity index (χ2n) is 5.09. The van der Waals surface area contributed by atoms with E-state index in [-0.39, 0.29) is 6.04 Å². The molecule has 1 aliphatic heterocycles. The Morgan fingerprint density at radius 2 is 1.86 bits per heavy atom. The van der Waals surface area contributed by atoms with E-state index in [0.29, 0.717) is 19.8 Å². The lowest BCUT2D eigenvalue weighted by Crippen LogP contribution is -2.20. The average Bonchev–Trinajstić information content (AvgIpc) is 2.53. The predicted octanol–water partition coefficient (Wildman–Crippen LogP) is 2.85. The minimum atomic E-state index is -0.208. The van der Waals surface area contributed by atoms with E-state index in [0.717, 1.165) is 28.4 Å². The lowest BCUT2D eigenvalue weighted by Gasteiger charge is -2.21. The Morgan fingerprint density at radius 3 is 2.67 bits per heavy atom. The molecule has 0 saturated heterocycles. The minimum absolute atomic E-state index is 0.208. The molecule has 2 aromatic rings. The Hall–Kier alpha value is -2.20. The summed E-state index contributed by atoms with van der Waals surface area (Å²) >= 11 is 0. The predicted molar refractivity (Wildman–Crippen MR) is 81.0 cm³/mol. The van der Waals surface area contributed by atoms with Crippen molar-refractivity contribution in [3.63, 3.8) is 0 Å². The fourth-order valence-corrected chi connectivity index (χ4v) is 2.28. The van der Waals surface area contributed by atoms with Crippen molar-refractivity contribution in [1.82, 2.24) is 0 Å². The van der Waals surface area contributed by atoms with Crippen LogP contribution in [-0.2, 0) is 0 Å². The first kappa shape index (κ1) is 13.8. The number of ether oxygens (including phenoxy) is 3. The van der Waals surface area contributed by atoms with Gasteiger partial charge in [-0.3, -0.25) is 0 Å². The van der Waals surface area contributed by atoms with Crippen molar-refractivity contribution in [2.24, 2.45) is 5.73 Å². The van der Waals surface area contributed by atoms with Gasteiger partial charge in [0.15, 0.2) is 11.5 Å². The van der Waals surface area contributed by atoms with Crippen LogP contribution in [0.2, 0.25) is 0 Å². The van der Waals surface area contributed by atoms with Gasteiger partial charge in [0.2, 0.25) is 0 Å². The molecule has 0 unspecified atom stereocenters. The van der Waals surface area contributed by atoms with Crippen molar-refractivity contribution in [2.45, 2.75) is 13.0 Å². The van der Waals surface area contributed by atoms with Gasteiger partial charge in [0.05, 0.1) is 6.04 Å². The lowest BCUT2D eigenvalue weighted by molar-refractivity contribution is 0.171. The molecule has 110 valence electrons. The molecular formula is C17H19NO3. The third kappa shape index (κ3) is 3.11. The standard InChI is InChI=1S/C17H19NO3/c1-12-4-2-3-5-15(12)21-11-14(18)13-6-7-16-17(10-13)20-9-8-19-16/h2-7,10,14H,8-9,11,18H2,1H3/t14-/m0/s1. The number of para-hydroxylation sites is 1. The molecule has 0 bridgehead atoms. The molecule has 3 rings (SSSR count). The maximum Gasteiger partial charge on any atom is 0.161 e. The van der Waals surface area contributed by atoms with Crippen LogP contribution in [0.15, 0.2) is 42.5 Å². The van der Waals surface area contributed by atoms with Gasteiger partial charge in [-0.05, 0) is 36.2 Å². The summed E-state index contributed by atoms with van der Waals surface area (Å²) in [6, 6.07) is 13.5. The normalized spacial score (nSPS) is 14.6. The summed E-state index contributed by atoms with van der Waals surface area (Å²) in [4.78, 5) is 0. The van der Waals surface area contributed by atoms with Gasteiger partial charge < -0.3 is 19.9 Å². The van der Waals surface area contributed by atoms with Crippen molar-refractivity contribution < 1.29 is 14.2 Å². The van der Waals surface area contributed by atoms with Crippen LogP contribution in [-0.4, -0.2) is 19.8 Å². The zero-order chi connectivity index (χ0) is 14.7. The monoisotopic (exact) mass is 285 g/mol. The van der Waals surface area contributed by atoms with E-state index in [1.54, 1.807) is 0 Å². The van der Waals surface area contributed by atoms with Crippen LogP contribution >= 0.6 is 0 Å². The molecule has 0 aliphatic carbocycles. The first-order valence-corrected chi connectivity index (χ1v) is 7.07. The highest BCUT2D eigenvalue weighted by molar-refractivity contribution is 5.44. The van der Waals surface area contributed by atoms with Crippen molar-refractivity contribution >= 4 is 0 Å². The lowest BCUT2D eigenvalue weighted by atomic mass is 10.1. The molecular weight excluding hydrogens is 266 g/mol. The SMILES string of the molecule is Cc1ccccc1OC[C@H](N)c1ccc2c(c1)OCCO2. The summed E-state index contributed by atoms with van der Waals surface area (Å²) in [5, 5.41) is 0. The molecule has 0 aromatic heterocycles. The molecule has 2 aromatic carbocycles. The molecule has 2 N–H and O–H groups in total. The summed E-state index contributed by atoms with van der Waals surface area (Å²) in [6.45, 7) is 3.61. The fraction of sp³-hybridized carbons (Fsp3) is 0.294. The molecule has 0 fully saturated rings. The van der Waals surface area contributed by atoms with Gasteiger partial charge in [0, 0.05) is 0 Å². The van der Waals surface area contributed by atoms with Gasteiger partial charge in [-0.2, -0.15) is 0 Å². The molecule has 0 spiro atoms. The van der Waals surface area contributed by atoms with Gasteiger partial charge in [-0.25, -0.2) is 0 Å². The summed E-state index contributed by atoms with van der Waals surface area (Å²) in [7, 11) is 0. The van der Waals surface area contributed by atoms with Gasteiger partial charge in [-0.15, -0.1) is 0 Å². The Balaban J connectivity index is 1.68. The molecule has 21 heavy (non-hydrogen) atoms. The molecule has 4 nitrogen and oxygen atoms in total. The Kier molecular flexibility index (Phi) is 3.97. The molecule has 1 aliphatic rings. The maximum absolute atomic E-state index is 6.20. The summed E-state index contributed by atoms with van der Waals surface area (Å²) in [6.07, 6.45) is 0. The number of aryl methyl sites for hydroxylation is 1. The van der Waals surface area contributed by atoms with Crippen LogP contribution in [0.4, 0.5) is 0 Å². The van der Waals surface area contributed by atoms with E-state index < -0.39 is 0 Å². The average molecular weight is 285 g/mol. The fourth-order valence-electron chi connectivity index (χ4n) is 2.28. The molecule has 0 saturated carbocycles. The highest BCUT2D eigenvalue weighted by Crippen LogP contribution is 2.32. The highest BCUT2D eigenvalue weighted by atomic mass is 16.6. The molecule has 1 atom stereocenters. The van der Waals surface area contributed by atoms with Crippen LogP contribution in [0.3, 0.4) is 0 Å². The van der Waals surface area contributed by atoms with Crippen LogP contribution in [0, 0.1) is 6.92 Å². The number of hydrogen-bond donors (Lipinski definition) is 1. The van der Waals surface area contributed by atoms with Crippen molar-refractivity contribution in [3.8, 4) is 17.2 Å². The Labute approximate surface area is 124 Å². The van der Waals surface area contributed by atoms with E-state index in [4.69, 9.17) is 19.9 Å². The van der Waals surface area contributed by atoms with Crippen LogP contribution < -0.4 is 19.9 Å². The first-order chi connectivity index (χ1) is 10.2. The quantitative estimate of drug-likeness (QED) is 0.938. The second kappa shape index (κ2) is 6.06. The summed E-state index contributed by atoms with van der Waals surface area (Å²) in [5.41, 5.74) is 8.29. The molecule has 1 heterocycles. The van der Waals surface area contributed by atoms with Crippen LogP contribution in [0.1, 0.15) is 17.2 Å². The number of rotatable bonds is 4. The Morgan fingerprint density at radius 1 is 1.10 bits per heavy atom. The van der Waals surface area contributed by atoms with Gasteiger partial charge in [0.25, 0.3) is 0 Å². The summed E-state index contributed by atoms with van der Waals surface area (Å²) < 4.78 is 16.9. The van der Waals surface area contributed by atoms with Crippen LogP contribution in [0.25, 0.3) is 0 Å². The zero-order valence-corrected chi connectivity index (χ0v) is 12.0. The minimum Gasteiger partial charge on any atom is -0.491 e. The summed E-state index contributed by atoms with van der Waals surface area (Å²) in [5.74, 6) is 2.40. The van der Waals surface area contributed by atoms with Crippen molar-refractivity contribution in [1.29, 1.82) is 0 Å². The van der Waals surface area contributed by atoms with Crippen molar-refractivity contribution in [2.75, 3.05) is 19.8 Å². The van der Waals surface area contributed by atoms with E-state index >= 15 is 0 Å². The first-order valence-electron chi connectivity index (χ1n) is 7.07. The smallest absolute Gasteiger partial charge is 0.161 e.